The maximum Gasteiger partial charge on any atom is 0.329 e. The van der Waals surface area contributed by atoms with Crippen molar-refractivity contribution in [3.63, 3.8) is 0 Å². The molecule has 1 heterocycles. The average molecular weight is 457 g/mol. The molecule has 2 unspecified atom stereocenters. The zero-order chi connectivity index (χ0) is 24.5. The van der Waals surface area contributed by atoms with Crippen molar-refractivity contribution in [3.05, 3.63) is 5.82 Å². The molecule has 2 atom stereocenters. The number of H-pyrrole nitrogens is 1. The van der Waals surface area contributed by atoms with Gasteiger partial charge in [0.05, 0.1) is 0 Å². The number of aliphatic carboxylic acids is 1. The minimum atomic E-state index is -1.22. The van der Waals surface area contributed by atoms with E-state index < -0.39 is 47.2 Å². The molecule has 0 saturated heterocycles. The lowest BCUT2D eigenvalue weighted by Crippen LogP contribution is -2.53. The number of carboxylic acid groups (broad SMARTS) is 1. The number of rotatable bonds is 10. The third-order valence-corrected chi connectivity index (χ3v) is 3.69. The highest BCUT2D eigenvalue weighted by atomic mass is 16.6. The van der Waals surface area contributed by atoms with Gasteiger partial charge in [-0.05, 0) is 54.4 Å². The Balaban J connectivity index is 2.88. The largest absolute Gasteiger partial charge is 0.481 e. The Morgan fingerprint density at radius 1 is 0.938 bits per heavy atom. The number of carboxylic acids is 1. The van der Waals surface area contributed by atoms with Crippen molar-refractivity contribution in [2.24, 2.45) is 0 Å². The summed E-state index contributed by atoms with van der Waals surface area (Å²) >= 11 is 0. The van der Waals surface area contributed by atoms with E-state index in [2.05, 4.69) is 31.3 Å². The molecule has 0 aliphatic heterocycles. The van der Waals surface area contributed by atoms with Crippen molar-refractivity contribution in [1.29, 1.82) is 0 Å². The van der Waals surface area contributed by atoms with E-state index in [-0.39, 0.29) is 25.7 Å². The van der Waals surface area contributed by atoms with E-state index >= 15 is 0 Å². The molecular formula is C19H32N6O7. The van der Waals surface area contributed by atoms with Crippen LogP contribution in [0.25, 0.3) is 0 Å². The third-order valence-electron chi connectivity index (χ3n) is 3.69. The van der Waals surface area contributed by atoms with Crippen molar-refractivity contribution in [2.45, 2.75) is 90.5 Å². The SMILES string of the molecule is CC(C)(C)OC(=O)C(CCC(=O)O)NC(=O)NC(CCc1nn[nH]n1)C(=O)OC(C)(C)C. The molecule has 0 radical (unpaired) electrons. The summed E-state index contributed by atoms with van der Waals surface area (Å²) in [4.78, 5) is 48.5. The molecule has 1 rings (SSSR count). The second-order valence-electron chi connectivity index (χ2n) is 9.09. The number of urea groups is 1. The highest BCUT2D eigenvalue weighted by molar-refractivity contribution is 5.87. The van der Waals surface area contributed by atoms with Gasteiger partial charge in [0.25, 0.3) is 0 Å². The van der Waals surface area contributed by atoms with Crippen LogP contribution < -0.4 is 10.6 Å². The van der Waals surface area contributed by atoms with Gasteiger partial charge in [0.2, 0.25) is 0 Å². The van der Waals surface area contributed by atoms with E-state index in [1.54, 1.807) is 41.5 Å². The highest BCUT2D eigenvalue weighted by Crippen LogP contribution is 2.13. The second-order valence-corrected chi connectivity index (χ2v) is 9.09. The van der Waals surface area contributed by atoms with Crippen molar-refractivity contribution >= 4 is 23.9 Å². The van der Waals surface area contributed by atoms with Crippen molar-refractivity contribution in [1.82, 2.24) is 31.3 Å². The summed E-state index contributed by atoms with van der Waals surface area (Å²) in [6.07, 6.45) is -0.224. The quantitative estimate of drug-likeness (QED) is 0.365. The molecule has 0 aliphatic carbocycles. The van der Waals surface area contributed by atoms with Gasteiger partial charge in [0, 0.05) is 12.8 Å². The summed E-state index contributed by atoms with van der Waals surface area (Å²) < 4.78 is 10.6. The van der Waals surface area contributed by atoms with Gasteiger partial charge in [-0.15, -0.1) is 10.2 Å². The normalized spacial score (nSPS) is 13.6. The first-order chi connectivity index (χ1) is 14.7. The third kappa shape index (κ3) is 11.2. The van der Waals surface area contributed by atoms with Crippen LogP contribution in [0.15, 0.2) is 0 Å². The topological polar surface area (TPSA) is 185 Å². The lowest BCUT2D eigenvalue weighted by Gasteiger charge is -2.26. The lowest BCUT2D eigenvalue weighted by molar-refractivity contribution is -0.158. The maximum atomic E-state index is 12.6. The Morgan fingerprint density at radius 2 is 1.44 bits per heavy atom. The average Bonchev–Trinajstić information content (AvgIpc) is 3.12. The van der Waals surface area contributed by atoms with Crippen molar-refractivity contribution in [2.75, 3.05) is 0 Å². The number of esters is 2. The van der Waals surface area contributed by atoms with Gasteiger partial charge in [-0.25, -0.2) is 14.4 Å². The molecule has 13 heteroatoms. The van der Waals surface area contributed by atoms with Gasteiger partial charge in [0.15, 0.2) is 5.82 Å². The first kappa shape index (κ1) is 26.8. The van der Waals surface area contributed by atoms with Gasteiger partial charge >= 0.3 is 23.9 Å². The van der Waals surface area contributed by atoms with E-state index in [0.717, 1.165) is 0 Å². The molecule has 13 nitrogen and oxygen atoms in total. The first-order valence-corrected chi connectivity index (χ1v) is 10.1. The van der Waals surface area contributed by atoms with Crippen LogP contribution in [0, 0.1) is 0 Å². The smallest absolute Gasteiger partial charge is 0.329 e. The van der Waals surface area contributed by atoms with Gasteiger partial charge in [-0.3, -0.25) is 4.79 Å². The van der Waals surface area contributed by atoms with Crippen LogP contribution >= 0.6 is 0 Å². The summed E-state index contributed by atoms with van der Waals surface area (Å²) in [7, 11) is 0. The molecular weight excluding hydrogens is 424 g/mol. The molecule has 0 fully saturated rings. The Morgan fingerprint density at radius 3 is 1.84 bits per heavy atom. The van der Waals surface area contributed by atoms with Crippen LogP contribution in [0.1, 0.15) is 66.6 Å². The highest BCUT2D eigenvalue weighted by Gasteiger charge is 2.30. The van der Waals surface area contributed by atoms with Crippen LogP contribution in [-0.4, -0.2) is 73.0 Å². The van der Waals surface area contributed by atoms with Gasteiger partial charge in [0.1, 0.15) is 23.3 Å². The number of ether oxygens (including phenoxy) is 2. The van der Waals surface area contributed by atoms with Gasteiger partial charge in [-0.1, -0.05) is 5.21 Å². The number of aromatic amines is 1. The lowest BCUT2D eigenvalue weighted by atomic mass is 10.1. The molecule has 4 N–H and O–H groups in total. The number of nitrogens with zero attached hydrogens (tertiary/aromatic N) is 3. The zero-order valence-corrected chi connectivity index (χ0v) is 19.2. The Kier molecular flexibility index (Phi) is 9.54. The molecule has 180 valence electrons. The van der Waals surface area contributed by atoms with Crippen LogP contribution in [-0.2, 0) is 30.3 Å². The number of aryl methyl sites for hydroxylation is 1. The molecule has 0 bridgehead atoms. The molecule has 0 spiro atoms. The predicted octanol–water partition coefficient (Wildman–Crippen LogP) is 0.717. The van der Waals surface area contributed by atoms with E-state index in [1.165, 1.54) is 0 Å². The summed E-state index contributed by atoms with van der Waals surface area (Å²) in [5.41, 5.74) is -1.62. The number of carbonyl (C=O) groups excluding carboxylic acids is 3. The molecule has 1 aromatic rings. The molecule has 1 aromatic heterocycles. The predicted molar refractivity (Wildman–Crippen MR) is 110 cm³/mol. The van der Waals surface area contributed by atoms with Crippen molar-refractivity contribution in [3.8, 4) is 0 Å². The zero-order valence-electron chi connectivity index (χ0n) is 19.2. The van der Waals surface area contributed by atoms with E-state index in [9.17, 15) is 19.2 Å². The summed E-state index contributed by atoms with van der Waals surface area (Å²) in [6.45, 7) is 10.0. The van der Waals surface area contributed by atoms with Crippen LogP contribution in [0.4, 0.5) is 4.79 Å². The summed E-state index contributed by atoms with van der Waals surface area (Å²) in [5.74, 6) is -2.26. The van der Waals surface area contributed by atoms with Crippen LogP contribution in [0.3, 0.4) is 0 Å². The number of tetrazole rings is 1. The van der Waals surface area contributed by atoms with E-state index in [0.29, 0.717) is 5.82 Å². The number of carbonyl (C=O) groups is 4. The number of nitrogens with one attached hydrogen (secondary N) is 3. The van der Waals surface area contributed by atoms with Crippen LogP contribution in [0.5, 0.6) is 0 Å². The van der Waals surface area contributed by atoms with E-state index in [1.807, 2.05) is 0 Å². The van der Waals surface area contributed by atoms with Gasteiger partial charge in [-0.2, -0.15) is 5.21 Å². The molecule has 0 aliphatic rings. The fourth-order valence-corrected chi connectivity index (χ4v) is 2.43. The van der Waals surface area contributed by atoms with Crippen LogP contribution in [0.2, 0.25) is 0 Å². The molecule has 0 aromatic carbocycles. The molecule has 2 amide bonds. The maximum absolute atomic E-state index is 12.6. The fraction of sp³-hybridized carbons (Fsp3) is 0.737. The minimum absolute atomic E-state index is 0.105. The van der Waals surface area contributed by atoms with E-state index in [4.69, 9.17) is 14.6 Å². The molecule has 0 saturated carbocycles. The second kappa shape index (κ2) is 11.4. The monoisotopic (exact) mass is 456 g/mol. The number of amides is 2. The summed E-state index contributed by atoms with van der Waals surface area (Å²) in [5, 5.41) is 27.1. The standard InChI is InChI=1S/C19H32N6O7/c1-18(2,3)31-15(28)11(7-9-13-22-24-25-23-13)20-17(30)21-12(8-10-14(26)27)16(29)32-19(4,5)6/h11-12H,7-10H2,1-6H3,(H,26,27)(H2,20,21,30)(H,22,23,24,25). The summed E-state index contributed by atoms with van der Waals surface area (Å²) in [6, 6.07) is -3.15. The van der Waals surface area contributed by atoms with Crippen molar-refractivity contribution < 1.29 is 33.8 Å². The first-order valence-electron chi connectivity index (χ1n) is 10.1. The minimum Gasteiger partial charge on any atom is -0.481 e. The number of hydrogen-bond acceptors (Lipinski definition) is 9. The van der Waals surface area contributed by atoms with Gasteiger partial charge < -0.3 is 25.2 Å². The Labute approximate surface area is 186 Å². The fourth-order valence-electron chi connectivity index (χ4n) is 2.43. The number of hydrogen-bond donors (Lipinski definition) is 4. The Hall–Kier alpha value is -3.25. The molecule has 32 heavy (non-hydrogen) atoms. The Bertz CT molecular complexity index is 783. The number of aromatic nitrogens is 4.